The zero-order valence-electron chi connectivity index (χ0n) is 9.92. The number of rotatable bonds is 5. The van der Waals surface area contributed by atoms with Crippen LogP contribution in [0.3, 0.4) is 0 Å². The van der Waals surface area contributed by atoms with E-state index in [4.69, 9.17) is 11.6 Å². The first kappa shape index (κ1) is 15.4. The largest absolute Gasteiger partial charge is 0.351 e. The van der Waals surface area contributed by atoms with Gasteiger partial charge in [-0.15, -0.1) is 0 Å². The van der Waals surface area contributed by atoms with Gasteiger partial charge in [0.25, 0.3) is 11.6 Å². The van der Waals surface area contributed by atoms with Gasteiger partial charge in [-0.05, 0) is 12.1 Å². The van der Waals surface area contributed by atoms with Gasteiger partial charge in [-0.25, -0.2) is 8.42 Å². The molecule has 104 valence electrons. The summed E-state index contributed by atoms with van der Waals surface area (Å²) in [7, 11) is -3.21. The summed E-state index contributed by atoms with van der Waals surface area (Å²) in [5.41, 5.74) is -0.591. The van der Waals surface area contributed by atoms with Gasteiger partial charge >= 0.3 is 0 Å². The monoisotopic (exact) mass is 306 g/mol. The number of benzene rings is 1. The Morgan fingerprint density at radius 3 is 2.63 bits per heavy atom. The van der Waals surface area contributed by atoms with Gasteiger partial charge in [0.2, 0.25) is 0 Å². The van der Waals surface area contributed by atoms with Crippen molar-refractivity contribution < 1.29 is 18.1 Å². The topological polar surface area (TPSA) is 106 Å². The number of nitrogens with one attached hydrogen (secondary N) is 1. The molecule has 0 aliphatic heterocycles. The molecule has 0 aliphatic carbocycles. The Morgan fingerprint density at radius 1 is 1.47 bits per heavy atom. The Bertz CT molecular complexity index is 614. The predicted molar refractivity (Wildman–Crippen MR) is 70.2 cm³/mol. The number of carbonyl (C=O) groups excluding carboxylic acids is 1. The maximum absolute atomic E-state index is 11.7. The molecule has 0 spiro atoms. The number of halogens is 1. The molecule has 0 aliphatic rings. The first-order valence-corrected chi connectivity index (χ1v) is 7.54. The minimum atomic E-state index is -3.21. The first-order chi connectivity index (χ1) is 8.70. The van der Waals surface area contributed by atoms with E-state index in [1.54, 1.807) is 0 Å². The number of carbonyl (C=O) groups is 1. The lowest BCUT2D eigenvalue weighted by Crippen LogP contribution is -2.29. The molecule has 1 N–H and O–H groups in total. The normalized spacial score (nSPS) is 11.1. The van der Waals surface area contributed by atoms with Crippen molar-refractivity contribution in [2.24, 2.45) is 0 Å². The molecular weight excluding hydrogens is 296 g/mol. The molecule has 9 heteroatoms. The minimum Gasteiger partial charge on any atom is -0.351 e. The van der Waals surface area contributed by atoms with Crippen LogP contribution in [0.2, 0.25) is 5.02 Å². The van der Waals surface area contributed by atoms with Gasteiger partial charge in [0, 0.05) is 23.9 Å². The molecule has 0 fully saturated rings. The smallest absolute Gasteiger partial charge is 0.282 e. The second-order valence-corrected chi connectivity index (χ2v) is 6.50. The Morgan fingerprint density at radius 2 is 2.11 bits per heavy atom. The zero-order chi connectivity index (χ0) is 14.6. The SMILES string of the molecule is CS(=O)(=O)CCNC(=O)c1cc(Cl)ccc1[N+](=O)[O-]. The number of nitro groups is 1. The van der Waals surface area contributed by atoms with Crippen LogP contribution in [0.5, 0.6) is 0 Å². The van der Waals surface area contributed by atoms with Gasteiger partial charge in [0.1, 0.15) is 15.4 Å². The fourth-order valence-corrected chi connectivity index (χ4v) is 1.94. The molecule has 0 bridgehead atoms. The highest BCUT2D eigenvalue weighted by Crippen LogP contribution is 2.22. The highest BCUT2D eigenvalue weighted by atomic mass is 35.5. The molecule has 0 heterocycles. The van der Waals surface area contributed by atoms with Crippen molar-refractivity contribution in [3.63, 3.8) is 0 Å². The van der Waals surface area contributed by atoms with Crippen LogP contribution in [0.25, 0.3) is 0 Å². The third-order valence-electron chi connectivity index (χ3n) is 2.16. The summed E-state index contributed by atoms with van der Waals surface area (Å²) in [6.07, 6.45) is 1.03. The van der Waals surface area contributed by atoms with E-state index < -0.39 is 20.7 Å². The lowest BCUT2D eigenvalue weighted by atomic mass is 10.1. The van der Waals surface area contributed by atoms with Crippen LogP contribution in [-0.2, 0) is 9.84 Å². The molecule has 0 atom stereocenters. The van der Waals surface area contributed by atoms with Gasteiger partial charge in [0.05, 0.1) is 10.7 Å². The van der Waals surface area contributed by atoms with E-state index in [9.17, 15) is 23.3 Å². The van der Waals surface area contributed by atoms with Gasteiger partial charge in [-0.3, -0.25) is 14.9 Å². The number of nitrogens with zero attached hydrogens (tertiary/aromatic N) is 1. The van der Waals surface area contributed by atoms with E-state index in [0.717, 1.165) is 18.4 Å². The molecule has 0 unspecified atom stereocenters. The Hall–Kier alpha value is -1.67. The van der Waals surface area contributed by atoms with Crippen molar-refractivity contribution in [1.29, 1.82) is 0 Å². The Kier molecular flexibility index (Phi) is 4.84. The average molecular weight is 307 g/mol. The number of amides is 1. The number of nitro benzene ring substituents is 1. The minimum absolute atomic E-state index is 0.124. The van der Waals surface area contributed by atoms with Crippen molar-refractivity contribution >= 4 is 33.0 Å². The third kappa shape index (κ3) is 4.84. The molecule has 0 saturated heterocycles. The molecule has 0 saturated carbocycles. The van der Waals surface area contributed by atoms with Crippen molar-refractivity contribution in [3.8, 4) is 0 Å². The quantitative estimate of drug-likeness (QED) is 0.645. The summed E-state index contributed by atoms with van der Waals surface area (Å²) in [5.74, 6) is -0.981. The number of sulfone groups is 1. The lowest BCUT2D eigenvalue weighted by molar-refractivity contribution is -0.385. The summed E-state index contributed by atoms with van der Waals surface area (Å²) >= 11 is 5.67. The Labute approximate surface area is 114 Å². The lowest BCUT2D eigenvalue weighted by Gasteiger charge is -2.05. The van der Waals surface area contributed by atoms with Crippen molar-refractivity contribution in [1.82, 2.24) is 5.32 Å². The second kappa shape index (κ2) is 5.98. The van der Waals surface area contributed by atoms with Crippen LogP contribution in [0, 0.1) is 10.1 Å². The maximum Gasteiger partial charge on any atom is 0.282 e. The van der Waals surface area contributed by atoms with Gasteiger partial charge in [-0.2, -0.15) is 0 Å². The summed E-state index contributed by atoms with van der Waals surface area (Å²) in [4.78, 5) is 21.8. The molecule has 1 amide bonds. The van der Waals surface area contributed by atoms with Crippen molar-refractivity contribution in [3.05, 3.63) is 38.9 Å². The molecular formula is C10H11ClN2O5S. The van der Waals surface area contributed by atoms with E-state index in [0.29, 0.717) is 0 Å². The molecule has 1 aromatic carbocycles. The number of hydrogen-bond donors (Lipinski definition) is 1. The fourth-order valence-electron chi connectivity index (χ4n) is 1.29. The van der Waals surface area contributed by atoms with Crippen molar-refractivity contribution in [2.75, 3.05) is 18.6 Å². The predicted octanol–water partition coefficient (Wildman–Crippen LogP) is 1.02. The molecule has 0 aromatic heterocycles. The molecule has 1 rings (SSSR count). The summed E-state index contributed by atoms with van der Waals surface area (Å²) in [6, 6.07) is 3.58. The maximum atomic E-state index is 11.7. The zero-order valence-corrected chi connectivity index (χ0v) is 11.5. The Balaban J connectivity index is 2.87. The van der Waals surface area contributed by atoms with Crippen LogP contribution in [-0.4, -0.2) is 37.8 Å². The first-order valence-electron chi connectivity index (χ1n) is 5.10. The van der Waals surface area contributed by atoms with Crippen LogP contribution < -0.4 is 5.32 Å². The summed E-state index contributed by atoms with van der Waals surface area (Å²) in [6.45, 7) is -0.124. The van der Waals surface area contributed by atoms with E-state index in [1.807, 2.05) is 0 Å². The highest BCUT2D eigenvalue weighted by molar-refractivity contribution is 7.90. The van der Waals surface area contributed by atoms with Crippen molar-refractivity contribution in [2.45, 2.75) is 0 Å². The third-order valence-corrected chi connectivity index (χ3v) is 3.34. The highest BCUT2D eigenvalue weighted by Gasteiger charge is 2.20. The van der Waals surface area contributed by atoms with Gasteiger partial charge in [0.15, 0.2) is 0 Å². The molecule has 19 heavy (non-hydrogen) atoms. The second-order valence-electron chi connectivity index (χ2n) is 3.80. The van der Waals surface area contributed by atoms with Crippen LogP contribution in [0.1, 0.15) is 10.4 Å². The molecule has 1 aromatic rings. The van der Waals surface area contributed by atoms with E-state index in [2.05, 4.69) is 5.32 Å². The number of hydrogen-bond acceptors (Lipinski definition) is 5. The van der Waals surface area contributed by atoms with E-state index in [1.165, 1.54) is 6.07 Å². The van der Waals surface area contributed by atoms with Crippen LogP contribution in [0.15, 0.2) is 18.2 Å². The fraction of sp³-hybridized carbons (Fsp3) is 0.300. The standard InChI is InChI=1S/C10H11ClN2O5S/c1-19(17,18)5-4-12-10(14)8-6-7(11)2-3-9(8)13(15)16/h2-3,6H,4-5H2,1H3,(H,12,14). The van der Waals surface area contributed by atoms with Crippen LogP contribution >= 0.6 is 11.6 Å². The summed E-state index contributed by atoms with van der Waals surface area (Å²) in [5, 5.41) is 13.2. The van der Waals surface area contributed by atoms with E-state index >= 15 is 0 Å². The molecule has 0 radical (unpaired) electrons. The van der Waals surface area contributed by atoms with Crippen LogP contribution in [0.4, 0.5) is 5.69 Å². The van der Waals surface area contributed by atoms with Gasteiger partial charge in [-0.1, -0.05) is 11.6 Å². The van der Waals surface area contributed by atoms with E-state index in [-0.39, 0.29) is 28.6 Å². The average Bonchev–Trinajstić information content (AvgIpc) is 2.26. The summed E-state index contributed by atoms with van der Waals surface area (Å²) < 4.78 is 21.8. The van der Waals surface area contributed by atoms with Gasteiger partial charge < -0.3 is 5.32 Å². The molecule has 7 nitrogen and oxygen atoms in total.